The van der Waals surface area contributed by atoms with E-state index >= 15 is 0 Å². The first-order valence-corrected chi connectivity index (χ1v) is 9.76. The van der Waals surface area contributed by atoms with Gasteiger partial charge in [0.1, 0.15) is 5.58 Å². The molecule has 0 radical (unpaired) electrons. The van der Waals surface area contributed by atoms with Crippen molar-refractivity contribution in [2.45, 2.75) is 37.6 Å². The number of aromatic nitrogens is 1. The molecular formula is C21H18ClN3O3. The second-order valence-corrected chi connectivity index (χ2v) is 7.83. The van der Waals surface area contributed by atoms with Crippen molar-refractivity contribution in [1.82, 2.24) is 10.3 Å². The molecule has 2 aromatic heterocycles. The largest absolute Gasteiger partial charge is 0.452 e. The predicted molar refractivity (Wildman–Crippen MR) is 106 cm³/mol. The lowest BCUT2D eigenvalue weighted by atomic mass is 9.74. The maximum atomic E-state index is 12.8. The number of halogens is 1. The molecule has 2 aliphatic rings. The van der Waals surface area contributed by atoms with E-state index in [-0.39, 0.29) is 17.6 Å². The smallest absolute Gasteiger partial charge is 0.319 e. The van der Waals surface area contributed by atoms with Crippen molar-refractivity contribution < 1.29 is 14.0 Å². The van der Waals surface area contributed by atoms with E-state index in [4.69, 9.17) is 16.0 Å². The molecule has 3 heterocycles. The van der Waals surface area contributed by atoms with Crippen LogP contribution in [0, 0.1) is 0 Å². The van der Waals surface area contributed by atoms with Gasteiger partial charge < -0.3 is 15.1 Å². The number of rotatable bonds is 2. The van der Waals surface area contributed by atoms with Crippen LogP contribution < -0.4 is 10.6 Å². The number of hydrogen-bond acceptors (Lipinski definition) is 4. The molecule has 1 aliphatic carbocycles. The van der Waals surface area contributed by atoms with E-state index in [1.165, 1.54) is 0 Å². The van der Waals surface area contributed by atoms with Gasteiger partial charge in [0.25, 0.3) is 0 Å². The molecule has 5 rings (SSSR count). The zero-order valence-corrected chi connectivity index (χ0v) is 15.8. The third-order valence-corrected chi connectivity index (χ3v) is 6.00. The Bertz CT molecular complexity index is 1100. The average Bonchev–Trinajstić information content (AvgIpc) is 3.12. The van der Waals surface area contributed by atoms with E-state index < -0.39 is 5.54 Å². The third kappa shape index (κ3) is 2.59. The Hall–Kier alpha value is -2.86. The zero-order chi connectivity index (χ0) is 19.3. The van der Waals surface area contributed by atoms with Crippen molar-refractivity contribution in [3.05, 3.63) is 58.6 Å². The summed E-state index contributed by atoms with van der Waals surface area (Å²) in [6.07, 6.45) is 7.94. The summed E-state index contributed by atoms with van der Waals surface area (Å²) >= 11 is 6.52. The molecule has 1 saturated carbocycles. The second kappa shape index (κ2) is 6.34. The number of hydrogen-bond donors (Lipinski definition) is 2. The van der Waals surface area contributed by atoms with E-state index in [0.29, 0.717) is 21.9 Å². The van der Waals surface area contributed by atoms with Crippen LogP contribution in [0.5, 0.6) is 0 Å². The minimum absolute atomic E-state index is 0.214. The van der Waals surface area contributed by atoms with Crippen LogP contribution in [0.1, 0.15) is 53.8 Å². The minimum Gasteiger partial charge on any atom is -0.452 e. The SMILES string of the molecule is O=C1Nc2c(Cl)cc3cc(C(=O)c4ccncc4)oc3c2C2(CCCCC2)N1. The van der Waals surface area contributed by atoms with Crippen molar-refractivity contribution >= 4 is 40.1 Å². The van der Waals surface area contributed by atoms with Gasteiger partial charge in [-0.1, -0.05) is 30.9 Å². The zero-order valence-electron chi connectivity index (χ0n) is 15.0. The maximum Gasteiger partial charge on any atom is 0.319 e. The Morgan fingerprint density at radius 2 is 1.89 bits per heavy atom. The maximum absolute atomic E-state index is 12.8. The summed E-state index contributed by atoms with van der Waals surface area (Å²) < 4.78 is 6.08. The first-order chi connectivity index (χ1) is 13.6. The Labute approximate surface area is 166 Å². The highest BCUT2D eigenvalue weighted by Gasteiger charge is 2.43. The molecule has 6 nitrogen and oxygen atoms in total. The van der Waals surface area contributed by atoms with Gasteiger partial charge in [0.15, 0.2) is 5.76 Å². The van der Waals surface area contributed by atoms with Gasteiger partial charge in [0, 0.05) is 28.9 Å². The average molecular weight is 396 g/mol. The molecule has 3 aromatic rings. The molecule has 7 heteroatoms. The lowest BCUT2D eigenvalue weighted by Crippen LogP contribution is -2.52. The number of carbonyl (C=O) groups excluding carboxylic acids is 2. The molecule has 1 aromatic carbocycles. The molecule has 0 saturated heterocycles. The quantitative estimate of drug-likeness (QED) is 0.597. The van der Waals surface area contributed by atoms with Crippen LogP contribution in [0.25, 0.3) is 11.0 Å². The summed E-state index contributed by atoms with van der Waals surface area (Å²) in [6.45, 7) is 0. The number of furan rings is 1. The molecule has 1 spiro atoms. The molecule has 1 aliphatic heterocycles. The Balaban J connectivity index is 1.72. The van der Waals surface area contributed by atoms with Crippen LogP contribution in [0.3, 0.4) is 0 Å². The molecule has 142 valence electrons. The van der Waals surface area contributed by atoms with Crippen LogP contribution in [-0.4, -0.2) is 16.8 Å². The van der Waals surface area contributed by atoms with Crippen molar-refractivity contribution in [2.24, 2.45) is 0 Å². The van der Waals surface area contributed by atoms with Gasteiger partial charge in [-0.15, -0.1) is 0 Å². The number of fused-ring (bicyclic) bond motifs is 4. The summed E-state index contributed by atoms with van der Waals surface area (Å²) in [5, 5.41) is 7.15. The number of amides is 2. The summed E-state index contributed by atoms with van der Waals surface area (Å²) in [6, 6.07) is 6.52. The van der Waals surface area contributed by atoms with Gasteiger partial charge >= 0.3 is 6.03 Å². The number of ketones is 1. The van der Waals surface area contributed by atoms with Gasteiger partial charge in [-0.3, -0.25) is 9.78 Å². The molecule has 0 atom stereocenters. The molecule has 0 bridgehead atoms. The summed E-state index contributed by atoms with van der Waals surface area (Å²) in [7, 11) is 0. The number of nitrogens with one attached hydrogen (secondary N) is 2. The summed E-state index contributed by atoms with van der Waals surface area (Å²) in [5.41, 5.74) is 2.02. The van der Waals surface area contributed by atoms with Crippen LogP contribution in [0.15, 0.2) is 41.1 Å². The fourth-order valence-corrected chi connectivity index (χ4v) is 4.70. The van der Waals surface area contributed by atoms with Crippen molar-refractivity contribution in [3.8, 4) is 0 Å². The highest BCUT2D eigenvalue weighted by atomic mass is 35.5. The number of pyridine rings is 1. The highest BCUT2D eigenvalue weighted by Crippen LogP contribution is 2.49. The van der Waals surface area contributed by atoms with Crippen LogP contribution in [0.2, 0.25) is 5.02 Å². The van der Waals surface area contributed by atoms with Gasteiger partial charge in [0.2, 0.25) is 5.78 Å². The fourth-order valence-electron chi connectivity index (χ4n) is 4.44. The van der Waals surface area contributed by atoms with E-state index in [0.717, 1.165) is 43.1 Å². The van der Waals surface area contributed by atoms with Gasteiger partial charge in [-0.2, -0.15) is 0 Å². The molecule has 1 fully saturated rings. The van der Waals surface area contributed by atoms with Crippen LogP contribution in [0.4, 0.5) is 10.5 Å². The molecule has 2 N–H and O–H groups in total. The lowest BCUT2D eigenvalue weighted by molar-refractivity contribution is 0.101. The first kappa shape index (κ1) is 17.3. The number of carbonyl (C=O) groups is 2. The molecule has 0 unspecified atom stereocenters. The molecule has 2 amide bonds. The van der Waals surface area contributed by atoms with E-state index in [1.54, 1.807) is 36.7 Å². The van der Waals surface area contributed by atoms with Crippen LogP contribution >= 0.6 is 11.6 Å². The predicted octanol–water partition coefficient (Wildman–Crippen LogP) is 5.01. The highest BCUT2D eigenvalue weighted by molar-refractivity contribution is 6.35. The van der Waals surface area contributed by atoms with E-state index in [1.807, 2.05) is 0 Å². The van der Waals surface area contributed by atoms with Crippen molar-refractivity contribution in [1.29, 1.82) is 0 Å². The number of benzene rings is 1. The van der Waals surface area contributed by atoms with E-state index in [2.05, 4.69) is 15.6 Å². The molecule has 28 heavy (non-hydrogen) atoms. The van der Waals surface area contributed by atoms with Gasteiger partial charge in [0.05, 0.1) is 16.2 Å². The monoisotopic (exact) mass is 395 g/mol. The Morgan fingerprint density at radius 3 is 2.64 bits per heavy atom. The fraction of sp³-hybridized carbons (Fsp3) is 0.286. The van der Waals surface area contributed by atoms with Gasteiger partial charge in [-0.05, 0) is 37.1 Å². The normalized spacial score (nSPS) is 17.8. The van der Waals surface area contributed by atoms with Crippen molar-refractivity contribution in [3.63, 3.8) is 0 Å². The number of urea groups is 1. The third-order valence-electron chi connectivity index (χ3n) is 5.70. The number of nitrogens with zero attached hydrogens (tertiary/aromatic N) is 1. The second-order valence-electron chi connectivity index (χ2n) is 7.42. The lowest BCUT2D eigenvalue weighted by Gasteiger charge is -2.42. The van der Waals surface area contributed by atoms with E-state index in [9.17, 15) is 9.59 Å². The molecular weight excluding hydrogens is 378 g/mol. The van der Waals surface area contributed by atoms with Crippen LogP contribution in [-0.2, 0) is 5.54 Å². The summed E-state index contributed by atoms with van der Waals surface area (Å²) in [5.74, 6) is 0.0301. The Kier molecular flexibility index (Phi) is 3.91. The topological polar surface area (TPSA) is 84.2 Å². The minimum atomic E-state index is -0.520. The Morgan fingerprint density at radius 1 is 1.14 bits per heavy atom. The summed E-state index contributed by atoms with van der Waals surface area (Å²) in [4.78, 5) is 29.1. The standard InChI is InChI=1S/C21H18ClN3O3/c22-14-10-13-11-15(18(26)12-4-8-23-9-5-12)28-19(13)16-17(14)24-20(27)25-21(16)6-2-1-3-7-21/h4-5,8-11H,1-3,6-7H2,(H2,24,25,27). The number of anilines is 1. The first-order valence-electron chi connectivity index (χ1n) is 9.38. The van der Waals surface area contributed by atoms with Crippen molar-refractivity contribution in [2.75, 3.05) is 5.32 Å². The van der Waals surface area contributed by atoms with Gasteiger partial charge in [-0.25, -0.2) is 4.79 Å².